The van der Waals surface area contributed by atoms with Gasteiger partial charge >= 0.3 is 15.6 Å². The van der Waals surface area contributed by atoms with Crippen molar-refractivity contribution in [2.45, 2.75) is 59.3 Å². The standard InChI is InChI=1S/C13H29O5P2/c1-4-7-10-16-19(14)13-20(15,17-11-8-5-2)18-12-9-6-3/h4-13H2,1-3H3/q+1. The molecule has 0 aliphatic rings. The van der Waals surface area contributed by atoms with Crippen molar-refractivity contribution < 1.29 is 22.7 Å². The number of hydrogen-bond acceptors (Lipinski definition) is 5. The van der Waals surface area contributed by atoms with Gasteiger partial charge in [0.25, 0.3) is 5.90 Å². The van der Waals surface area contributed by atoms with Gasteiger partial charge in [-0.15, -0.1) is 4.52 Å². The third-order valence-corrected chi connectivity index (χ3v) is 6.53. The van der Waals surface area contributed by atoms with Gasteiger partial charge < -0.3 is 9.05 Å². The second-order valence-corrected chi connectivity index (χ2v) is 8.44. The zero-order valence-electron chi connectivity index (χ0n) is 13.0. The van der Waals surface area contributed by atoms with E-state index in [2.05, 4.69) is 0 Å². The lowest BCUT2D eigenvalue weighted by Crippen LogP contribution is -2.02. The molecule has 0 aromatic heterocycles. The van der Waals surface area contributed by atoms with E-state index in [1.807, 2.05) is 20.8 Å². The van der Waals surface area contributed by atoms with E-state index in [9.17, 15) is 9.13 Å². The highest BCUT2D eigenvalue weighted by molar-refractivity contribution is 7.65. The van der Waals surface area contributed by atoms with Crippen molar-refractivity contribution >= 4 is 15.6 Å². The maximum absolute atomic E-state index is 12.5. The van der Waals surface area contributed by atoms with E-state index in [0.717, 1.165) is 38.5 Å². The summed E-state index contributed by atoms with van der Waals surface area (Å²) in [6.07, 6.45) is 5.35. The Labute approximate surface area is 124 Å². The van der Waals surface area contributed by atoms with E-state index in [1.54, 1.807) is 0 Å². The Morgan fingerprint density at radius 1 is 0.850 bits per heavy atom. The van der Waals surface area contributed by atoms with Gasteiger partial charge in [0, 0.05) is 0 Å². The molecule has 0 saturated carbocycles. The normalized spacial score (nSPS) is 12.7. The molecule has 1 atom stereocenters. The maximum Gasteiger partial charge on any atom is 0.521 e. The van der Waals surface area contributed by atoms with E-state index in [1.165, 1.54) is 0 Å². The SMILES string of the molecule is CCCCO[P+](=O)CP(=O)(OCCCC)OCCCC. The fourth-order valence-electron chi connectivity index (χ4n) is 1.31. The van der Waals surface area contributed by atoms with Gasteiger partial charge in [0.05, 0.1) is 13.2 Å². The Balaban J connectivity index is 4.27. The summed E-state index contributed by atoms with van der Waals surface area (Å²) in [5, 5.41) is 0. The minimum atomic E-state index is -3.29. The molecule has 0 spiro atoms. The highest BCUT2D eigenvalue weighted by Crippen LogP contribution is 2.55. The molecule has 0 aliphatic heterocycles. The smallest absolute Gasteiger partial charge is 0.306 e. The third kappa shape index (κ3) is 10.9. The topological polar surface area (TPSA) is 61.8 Å². The summed E-state index contributed by atoms with van der Waals surface area (Å²) in [6, 6.07) is 0. The average molecular weight is 327 g/mol. The van der Waals surface area contributed by atoms with Crippen LogP contribution in [0.2, 0.25) is 0 Å². The minimum Gasteiger partial charge on any atom is -0.306 e. The molecule has 0 aromatic rings. The first-order valence-corrected chi connectivity index (χ1v) is 10.6. The zero-order chi connectivity index (χ0) is 15.3. The summed E-state index contributed by atoms with van der Waals surface area (Å²) < 4.78 is 40.2. The molecule has 0 rings (SSSR count). The van der Waals surface area contributed by atoms with Gasteiger partial charge in [0.2, 0.25) is 0 Å². The van der Waals surface area contributed by atoms with Gasteiger partial charge in [-0.3, -0.25) is 4.57 Å². The first kappa shape index (κ1) is 20.2. The zero-order valence-corrected chi connectivity index (χ0v) is 14.8. The van der Waals surface area contributed by atoms with Crippen molar-refractivity contribution in [1.82, 2.24) is 0 Å². The monoisotopic (exact) mass is 327 g/mol. The van der Waals surface area contributed by atoms with Gasteiger partial charge in [-0.2, -0.15) is 0 Å². The van der Waals surface area contributed by atoms with Crippen LogP contribution in [-0.2, 0) is 22.7 Å². The summed E-state index contributed by atoms with van der Waals surface area (Å²) in [6.45, 7) is 7.26. The molecule has 0 aliphatic carbocycles. The van der Waals surface area contributed by atoms with E-state index in [0.29, 0.717) is 19.8 Å². The van der Waals surface area contributed by atoms with E-state index >= 15 is 0 Å². The molecular formula is C13H29O5P2+. The van der Waals surface area contributed by atoms with Crippen molar-refractivity contribution in [3.63, 3.8) is 0 Å². The molecule has 7 heteroatoms. The summed E-state index contributed by atoms with van der Waals surface area (Å²) in [5.41, 5.74) is 0. The number of rotatable bonds is 14. The van der Waals surface area contributed by atoms with Crippen LogP contribution < -0.4 is 0 Å². The fourth-order valence-corrected chi connectivity index (χ4v) is 4.64. The second-order valence-electron chi connectivity index (χ2n) is 4.65. The Morgan fingerprint density at radius 3 is 1.75 bits per heavy atom. The van der Waals surface area contributed by atoms with Crippen LogP contribution >= 0.6 is 15.6 Å². The van der Waals surface area contributed by atoms with E-state index in [-0.39, 0.29) is 5.90 Å². The average Bonchev–Trinajstić information content (AvgIpc) is 2.39. The van der Waals surface area contributed by atoms with Gasteiger partial charge in [0.1, 0.15) is 6.61 Å². The minimum absolute atomic E-state index is 0.139. The molecule has 0 heterocycles. The van der Waals surface area contributed by atoms with Crippen molar-refractivity contribution in [3.05, 3.63) is 0 Å². The van der Waals surface area contributed by atoms with Crippen molar-refractivity contribution in [3.8, 4) is 0 Å². The van der Waals surface area contributed by atoms with E-state index in [4.69, 9.17) is 13.6 Å². The Morgan fingerprint density at radius 2 is 1.30 bits per heavy atom. The quantitative estimate of drug-likeness (QED) is 0.319. The molecule has 0 fully saturated rings. The molecule has 0 N–H and O–H groups in total. The Bertz CT molecular complexity index is 282. The van der Waals surface area contributed by atoms with Crippen LogP contribution in [0, 0.1) is 0 Å². The highest BCUT2D eigenvalue weighted by atomic mass is 31.2. The first-order chi connectivity index (χ1) is 9.58. The predicted molar refractivity (Wildman–Crippen MR) is 82.7 cm³/mol. The van der Waals surface area contributed by atoms with Gasteiger partial charge in [-0.1, -0.05) is 40.0 Å². The van der Waals surface area contributed by atoms with E-state index < -0.39 is 15.6 Å². The lowest BCUT2D eigenvalue weighted by atomic mass is 10.4. The van der Waals surface area contributed by atoms with Gasteiger partial charge in [-0.25, -0.2) is 0 Å². The molecule has 5 nitrogen and oxygen atoms in total. The van der Waals surface area contributed by atoms with Crippen molar-refractivity contribution in [2.75, 3.05) is 25.7 Å². The van der Waals surface area contributed by atoms with Crippen molar-refractivity contribution in [1.29, 1.82) is 0 Å². The predicted octanol–water partition coefficient (Wildman–Crippen LogP) is 5.33. The van der Waals surface area contributed by atoms with Crippen LogP contribution in [0.4, 0.5) is 0 Å². The lowest BCUT2D eigenvalue weighted by Gasteiger charge is -2.14. The highest BCUT2D eigenvalue weighted by Gasteiger charge is 2.37. The van der Waals surface area contributed by atoms with Crippen molar-refractivity contribution in [2.24, 2.45) is 0 Å². The van der Waals surface area contributed by atoms with Crippen LogP contribution in [0.5, 0.6) is 0 Å². The van der Waals surface area contributed by atoms with Gasteiger partial charge in [-0.05, 0) is 23.8 Å². The largest absolute Gasteiger partial charge is 0.521 e. The molecule has 1 unspecified atom stereocenters. The number of hydrogen-bond donors (Lipinski definition) is 0. The molecule has 0 saturated heterocycles. The molecule has 20 heavy (non-hydrogen) atoms. The molecule has 0 radical (unpaired) electrons. The third-order valence-electron chi connectivity index (χ3n) is 2.59. The fraction of sp³-hybridized carbons (Fsp3) is 1.00. The van der Waals surface area contributed by atoms with Crippen LogP contribution in [0.3, 0.4) is 0 Å². The molecule has 0 bridgehead atoms. The van der Waals surface area contributed by atoms with Crippen LogP contribution in [0.1, 0.15) is 59.3 Å². The molecule has 120 valence electrons. The maximum atomic E-state index is 12.5. The molecule has 0 amide bonds. The Kier molecular flexibility index (Phi) is 13.0. The summed E-state index contributed by atoms with van der Waals surface area (Å²) in [5.74, 6) is -0.139. The van der Waals surface area contributed by atoms with Crippen LogP contribution in [-0.4, -0.2) is 25.7 Å². The lowest BCUT2D eigenvalue weighted by molar-refractivity contribution is 0.202. The Hall–Kier alpha value is 0.210. The molecule has 0 aromatic carbocycles. The van der Waals surface area contributed by atoms with Crippen LogP contribution in [0.15, 0.2) is 0 Å². The van der Waals surface area contributed by atoms with Crippen LogP contribution in [0.25, 0.3) is 0 Å². The second kappa shape index (κ2) is 12.9. The number of unbranched alkanes of at least 4 members (excludes halogenated alkanes) is 3. The summed E-state index contributed by atoms with van der Waals surface area (Å²) in [7, 11) is -5.28. The van der Waals surface area contributed by atoms with Gasteiger partial charge in [0.15, 0.2) is 0 Å². The summed E-state index contributed by atoms with van der Waals surface area (Å²) in [4.78, 5) is 0. The first-order valence-electron chi connectivity index (χ1n) is 7.53. The summed E-state index contributed by atoms with van der Waals surface area (Å²) >= 11 is 0. The molecular weight excluding hydrogens is 298 g/mol.